The van der Waals surface area contributed by atoms with E-state index >= 15 is 0 Å². The number of nitrogens with one attached hydrogen (secondary N) is 2. The highest BCUT2D eigenvalue weighted by molar-refractivity contribution is 5.84. The molecule has 0 radical (unpaired) electrons. The SMILES string of the molecule is CC=N/C(=C\C)C(O)C(O)NC(O)C(=O)NC(O)C(=O)O. The van der Waals surface area contributed by atoms with Gasteiger partial charge in [0.25, 0.3) is 5.91 Å². The van der Waals surface area contributed by atoms with Gasteiger partial charge in [-0.25, -0.2) is 4.79 Å². The molecule has 0 aliphatic heterocycles. The molecule has 0 fully saturated rings. The lowest BCUT2D eigenvalue weighted by atomic mass is 10.2. The molecule has 4 atom stereocenters. The minimum atomic E-state index is -2.20. The van der Waals surface area contributed by atoms with Crippen LogP contribution < -0.4 is 10.6 Å². The first-order valence-corrected chi connectivity index (χ1v) is 5.91. The number of hydrogen-bond acceptors (Lipinski definition) is 8. The van der Waals surface area contributed by atoms with Crippen molar-refractivity contribution in [2.24, 2.45) is 4.99 Å². The van der Waals surface area contributed by atoms with Gasteiger partial charge in [-0.05, 0) is 13.8 Å². The standard InChI is InChI=1S/C11H19N3O7/c1-3-5(12-4-2)6(15)7(16)13-8(17)9(18)14-10(19)11(20)21/h3-4,6-8,10,13,15-17,19H,1-2H3,(H,14,18)(H,20,21)/b5-3-,12-4?. The third-order valence-electron chi connectivity index (χ3n) is 2.27. The van der Waals surface area contributed by atoms with E-state index in [0.717, 1.165) is 0 Å². The van der Waals surface area contributed by atoms with Crippen LogP contribution in [0.5, 0.6) is 0 Å². The van der Waals surface area contributed by atoms with Crippen LogP contribution in [0.2, 0.25) is 0 Å². The van der Waals surface area contributed by atoms with Crippen LogP contribution in [0.1, 0.15) is 13.8 Å². The number of carbonyl (C=O) groups is 2. The largest absolute Gasteiger partial charge is 0.478 e. The molecule has 0 aliphatic rings. The minimum absolute atomic E-state index is 0.0932. The van der Waals surface area contributed by atoms with Crippen molar-refractivity contribution in [3.05, 3.63) is 11.8 Å². The molecule has 1 amide bonds. The highest BCUT2D eigenvalue weighted by Crippen LogP contribution is 2.07. The van der Waals surface area contributed by atoms with Crippen molar-refractivity contribution in [3.63, 3.8) is 0 Å². The molecule has 0 heterocycles. The van der Waals surface area contributed by atoms with Gasteiger partial charge in [-0.15, -0.1) is 0 Å². The quantitative estimate of drug-likeness (QED) is 0.185. The molecule has 0 saturated heterocycles. The molecule has 0 aromatic carbocycles. The molecule has 21 heavy (non-hydrogen) atoms. The summed E-state index contributed by atoms with van der Waals surface area (Å²) in [5.74, 6) is -3.01. The van der Waals surface area contributed by atoms with Gasteiger partial charge >= 0.3 is 5.97 Å². The number of nitrogens with zero attached hydrogens (tertiary/aromatic N) is 1. The van der Waals surface area contributed by atoms with E-state index in [9.17, 15) is 24.9 Å². The van der Waals surface area contributed by atoms with Crippen LogP contribution in [0.4, 0.5) is 0 Å². The Morgan fingerprint density at radius 3 is 2.10 bits per heavy atom. The highest BCUT2D eigenvalue weighted by Gasteiger charge is 2.27. The Kier molecular flexibility index (Phi) is 8.35. The molecule has 7 N–H and O–H groups in total. The van der Waals surface area contributed by atoms with Gasteiger partial charge in [0.15, 0.2) is 6.23 Å². The van der Waals surface area contributed by atoms with E-state index in [-0.39, 0.29) is 5.70 Å². The molecule has 0 saturated carbocycles. The van der Waals surface area contributed by atoms with E-state index < -0.39 is 36.7 Å². The Balaban J connectivity index is 4.59. The number of aliphatic hydroxyl groups is 4. The molecule has 4 unspecified atom stereocenters. The van der Waals surface area contributed by atoms with Crippen molar-refractivity contribution in [2.45, 2.75) is 38.6 Å². The Labute approximate surface area is 120 Å². The summed E-state index contributed by atoms with van der Waals surface area (Å²) in [6, 6.07) is 0. The fourth-order valence-corrected chi connectivity index (χ4v) is 1.24. The molecule has 0 aromatic rings. The molecule has 0 aliphatic carbocycles. The van der Waals surface area contributed by atoms with Gasteiger partial charge in [0, 0.05) is 6.21 Å². The molecule has 0 aromatic heterocycles. The summed E-state index contributed by atoms with van der Waals surface area (Å²) < 4.78 is 0. The number of aliphatic imine (C=N–C) groups is 1. The third kappa shape index (κ3) is 6.42. The summed E-state index contributed by atoms with van der Waals surface area (Å²) in [5.41, 5.74) is 0.0932. The van der Waals surface area contributed by atoms with E-state index in [0.29, 0.717) is 0 Å². The van der Waals surface area contributed by atoms with E-state index in [4.69, 9.17) is 10.2 Å². The summed E-state index contributed by atoms with van der Waals surface area (Å²) in [5, 5.41) is 49.5. The summed E-state index contributed by atoms with van der Waals surface area (Å²) in [4.78, 5) is 25.4. The molecular formula is C11H19N3O7. The second-order valence-corrected chi connectivity index (χ2v) is 3.81. The molecule has 10 nitrogen and oxygen atoms in total. The van der Waals surface area contributed by atoms with Crippen LogP contribution in [0.15, 0.2) is 16.8 Å². The van der Waals surface area contributed by atoms with E-state index in [2.05, 4.69) is 4.99 Å². The zero-order valence-electron chi connectivity index (χ0n) is 11.5. The maximum absolute atomic E-state index is 11.3. The monoisotopic (exact) mass is 305 g/mol. The molecule has 0 spiro atoms. The third-order valence-corrected chi connectivity index (χ3v) is 2.27. The normalized spacial score (nSPS) is 18.1. The van der Waals surface area contributed by atoms with Gasteiger partial charge in [0.1, 0.15) is 12.3 Å². The Bertz CT molecular complexity index is 424. The average molecular weight is 305 g/mol. The number of allylic oxidation sites excluding steroid dienone is 1. The van der Waals surface area contributed by atoms with Crippen molar-refractivity contribution in [3.8, 4) is 0 Å². The van der Waals surface area contributed by atoms with Crippen LogP contribution in [-0.4, -0.2) is 68.4 Å². The number of aliphatic hydroxyl groups excluding tert-OH is 4. The number of aliphatic carboxylic acids is 1. The molecule has 10 heteroatoms. The maximum atomic E-state index is 11.3. The fourth-order valence-electron chi connectivity index (χ4n) is 1.24. The first-order valence-electron chi connectivity index (χ1n) is 5.91. The number of carboxylic acid groups (broad SMARTS) is 1. The predicted molar refractivity (Wildman–Crippen MR) is 70.9 cm³/mol. The molecule has 0 bridgehead atoms. The van der Waals surface area contributed by atoms with Gasteiger partial charge in [0.2, 0.25) is 6.23 Å². The van der Waals surface area contributed by atoms with E-state index in [1.165, 1.54) is 12.3 Å². The van der Waals surface area contributed by atoms with E-state index in [1.807, 2.05) is 5.32 Å². The van der Waals surface area contributed by atoms with Crippen molar-refractivity contribution in [2.75, 3.05) is 0 Å². The zero-order chi connectivity index (χ0) is 16.6. The Morgan fingerprint density at radius 2 is 1.67 bits per heavy atom. The van der Waals surface area contributed by atoms with Crippen LogP contribution in [-0.2, 0) is 9.59 Å². The van der Waals surface area contributed by atoms with Crippen molar-refractivity contribution < 1.29 is 35.1 Å². The summed E-state index contributed by atoms with van der Waals surface area (Å²) in [6.45, 7) is 3.15. The minimum Gasteiger partial charge on any atom is -0.478 e. The lowest BCUT2D eigenvalue weighted by molar-refractivity contribution is -0.154. The van der Waals surface area contributed by atoms with E-state index in [1.54, 1.807) is 19.2 Å². The molecular weight excluding hydrogens is 286 g/mol. The van der Waals surface area contributed by atoms with Gasteiger partial charge in [-0.1, -0.05) is 6.08 Å². The van der Waals surface area contributed by atoms with Gasteiger partial charge in [0.05, 0.1) is 5.70 Å². The summed E-state index contributed by atoms with van der Waals surface area (Å²) in [6.07, 6.45) is -4.74. The van der Waals surface area contributed by atoms with Crippen LogP contribution in [0.3, 0.4) is 0 Å². The topological polar surface area (TPSA) is 172 Å². The molecule has 0 rings (SSSR count). The number of rotatable bonds is 8. The Hall–Kier alpha value is -1.85. The smallest absolute Gasteiger partial charge is 0.353 e. The lowest BCUT2D eigenvalue weighted by Crippen LogP contribution is -2.55. The first-order chi connectivity index (χ1) is 9.74. The summed E-state index contributed by atoms with van der Waals surface area (Å²) >= 11 is 0. The van der Waals surface area contributed by atoms with Crippen LogP contribution in [0.25, 0.3) is 0 Å². The average Bonchev–Trinajstić information content (AvgIpc) is 2.43. The fraction of sp³-hybridized carbons (Fsp3) is 0.545. The second-order valence-electron chi connectivity index (χ2n) is 3.81. The van der Waals surface area contributed by atoms with Crippen molar-refractivity contribution >= 4 is 18.1 Å². The highest BCUT2D eigenvalue weighted by atomic mass is 16.4. The van der Waals surface area contributed by atoms with Crippen molar-refractivity contribution in [1.82, 2.24) is 10.6 Å². The molecule has 120 valence electrons. The van der Waals surface area contributed by atoms with Gasteiger partial charge < -0.3 is 30.8 Å². The zero-order valence-corrected chi connectivity index (χ0v) is 11.5. The van der Waals surface area contributed by atoms with Gasteiger partial charge in [-0.2, -0.15) is 0 Å². The van der Waals surface area contributed by atoms with Crippen LogP contribution >= 0.6 is 0 Å². The number of carboxylic acids is 1. The van der Waals surface area contributed by atoms with Crippen LogP contribution in [0, 0.1) is 0 Å². The number of hydrogen-bond donors (Lipinski definition) is 7. The lowest BCUT2D eigenvalue weighted by Gasteiger charge is -2.22. The Morgan fingerprint density at radius 1 is 1.10 bits per heavy atom. The first kappa shape index (κ1) is 19.1. The maximum Gasteiger partial charge on any atom is 0.353 e. The van der Waals surface area contributed by atoms with Gasteiger partial charge in [-0.3, -0.25) is 15.1 Å². The second kappa shape index (κ2) is 9.15. The van der Waals surface area contributed by atoms with Crippen molar-refractivity contribution in [1.29, 1.82) is 0 Å². The number of carbonyl (C=O) groups excluding carboxylic acids is 1. The summed E-state index contributed by atoms with van der Waals surface area (Å²) in [7, 11) is 0. The number of amides is 1. The predicted octanol–water partition coefficient (Wildman–Crippen LogP) is -2.91.